The van der Waals surface area contributed by atoms with Crippen molar-refractivity contribution in [2.45, 2.75) is 31.7 Å². The Labute approximate surface area is 113 Å². The predicted molar refractivity (Wildman–Crippen MR) is 76.8 cm³/mol. The topological polar surface area (TPSA) is 18.5 Å². The van der Waals surface area contributed by atoms with Gasteiger partial charge < -0.3 is 5.32 Å². The Bertz CT molecular complexity index is 202. The number of piperazine rings is 1. The minimum absolute atomic E-state index is 0.872. The summed E-state index contributed by atoms with van der Waals surface area (Å²) >= 11 is 2.45. The molecule has 1 heterocycles. The third-order valence-corrected chi connectivity index (χ3v) is 4.99. The normalized spacial score (nSPS) is 34.1. The molecule has 94 valence electrons. The molecule has 2 fully saturated rings. The highest BCUT2D eigenvalue weighted by Gasteiger charge is 2.28. The fourth-order valence-corrected chi connectivity index (χ4v) is 3.56. The van der Waals surface area contributed by atoms with Gasteiger partial charge in [-0.3, -0.25) is 4.90 Å². The smallest absolute Gasteiger partial charge is 0.0209 e. The summed E-state index contributed by atoms with van der Waals surface area (Å²) in [6, 6.07) is 0.872. The molecule has 1 aliphatic heterocycles. The standard InChI is InChI=1S/C12H24IN3/c1-14-10-11-3-2-4-12(9-11)15-5-7-16(13)8-6-15/h11-12,14H,2-10H2,1H3/t11?,12-/m1/s1. The minimum atomic E-state index is 0.872. The van der Waals surface area contributed by atoms with Gasteiger partial charge in [0.15, 0.2) is 0 Å². The molecule has 0 bridgehead atoms. The van der Waals surface area contributed by atoms with Crippen LogP contribution in [0.25, 0.3) is 0 Å². The molecular formula is C12H24IN3. The van der Waals surface area contributed by atoms with Crippen LogP contribution >= 0.6 is 22.9 Å². The Morgan fingerprint density at radius 1 is 1.19 bits per heavy atom. The third kappa shape index (κ3) is 3.55. The fraction of sp³-hybridized carbons (Fsp3) is 1.00. The number of nitrogens with one attached hydrogen (secondary N) is 1. The van der Waals surface area contributed by atoms with Crippen molar-refractivity contribution in [1.29, 1.82) is 0 Å². The van der Waals surface area contributed by atoms with E-state index >= 15 is 0 Å². The van der Waals surface area contributed by atoms with E-state index in [1.54, 1.807) is 0 Å². The van der Waals surface area contributed by atoms with Gasteiger partial charge in [-0.2, -0.15) is 0 Å². The van der Waals surface area contributed by atoms with Crippen LogP contribution in [0.1, 0.15) is 25.7 Å². The molecule has 3 nitrogen and oxygen atoms in total. The highest BCUT2D eigenvalue weighted by molar-refractivity contribution is 14.1. The molecule has 0 spiro atoms. The van der Waals surface area contributed by atoms with E-state index in [0.717, 1.165) is 12.0 Å². The van der Waals surface area contributed by atoms with Crippen LogP contribution in [0.2, 0.25) is 0 Å². The van der Waals surface area contributed by atoms with Crippen LogP contribution in [-0.4, -0.2) is 53.8 Å². The predicted octanol–water partition coefficient (Wildman–Crippen LogP) is 1.73. The molecule has 1 unspecified atom stereocenters. The second-order valence-electron chi connectivity index (χ2n) is 5.19. The van der Waals surface area contributed by atoms with Gasteiger partial charge in [0, 0.05) is 55.1 Å². The van der Waals surface area contributed by atoms with E-state index in [1.165, 1.54) is 58.4 Å². The quantitative estimate of drug-likeness (QED) is 0.625. The molecule has 2 rings (SSSR count). The molecule has 16 heavy (non-hydrogen) atoms. The summed E-state index contributed by atoms with van der Waals surface area (Å²) in [5.74, 6) is 0.918. The summed E-state index contributed by atoms with van der Waals surface area (Å²) in [5, 5.41) is 3.34. The first-order valence-electron chi connectivity index (χ1n) is 6.59. The molecule has 2 atom stereocenters. The Morgan fingerprint density at radius 2 is 1.94 bits per heavy atom. The molecule has 1 saturated carbocycles. The SMILES string of the molecule is CNCC1CCC[C@@H](N2CCN(I)CC2)C1. The van der Waals surface area contributed by atoms with Crippen LogP contribution in [-0.2, 0) is 0 Å². The lowest BCUT2D eigenvalue weighted by molar-refractivity contribution is 0.101. The van der Waals surface area contributed by atoms with Crippen molar-refractivity contribution in [3.8, 4) is 0 Å². The largest absolute Gasteiger partial charge is 0.319 e. The van der Waals surface area contributed by atoms with Crippen molar-refractivity contribution in [3.63, 3.8) is 0 Å². The molecule has 0 aromatic heterocycles. The summed E-state index contributed by atoms with van der Waals surface area (Å²) in [6.07, 6.45) is 5.72. The first-order chi connectivity index (χ1) is 7.79. The average molecular weight is 337 g/mol. The zero-order valence-corrected chi connectivity index (χ0v) is 12.4. The maximum absolute atomic E-state index is 3.34. The van der Waals surface area contributed by atoms with E-state index in [4.69, 9.17) is 0 Å². The van der Waals surface area contributed by atoms with Crippen LogP contribution in [0.3, 0.4) is 0 Å². The summed E-state index contributed by atoms with van der Waals surface area (Å²) < 4.78 is 2.42. The molecule has 1 N–H and O–H groups in total. The van der Waals surface area contributed by atoms with Crippen LogP contribution in [0, 0.1) is 5.92 Å². The van der Waals surface area contributed by atoms with E-state index in [0.29, 0.717) is 0 Å². The van der Waals surface area contributed by atoms with Crippen LogP contribution in [0.5, 0.6) is 0 Å². The van der Waals surface area contributed by atoms with Gasteiger partial charge in [0.1, 0.15) is 0 Å². The van der Waals surface area contributed by atoms with Gasteiger partial charge >= 0.3 is 0 Å². The molecule has 1 saturated heterocycles. The number of nitrogens with zero attached hydrogens (tertiary/aromatic N) is 2. The molecule has 0 amide bonds. The lowest BCUT2D eigenvalue weighted by atomic mass is 9.84. The zero-order valence-electron chi connectivity index (χ0n) is 10.3. The number of rotatable bonds is 3. The Morgan fingerprint density at radius 3 is 2.62 bits per heavy atom. The van der Waals surface area contributed by atoms with Crippen LogP contribution in [0.15, 0.2) is 0 Å². The number of hydrogen-bond acceptors (Lipinski definition) is 3. The van der Waals surface area contributed by atoms with Crippen molar-refractivity contribution in [1.82, 2.24) is 13.3 Å². The van der Waals surface area contributed by atoms with Gasteiger partial charge in [-0.15, -0.1) is 0 Å². The van der Waals surface area contributed by atoms with Gasteiger partial charge in [0.25, 0.3) is 0 Å². The van der Waals surface area contributed by atoms with Crippen molar-refractivity contribution in [2.75, 3.05) is 39.8 Å². The van der Waals surface area contributed by atoms with Gasteiger partial charge in [-0.1, -0.05) is 6.42 Å². The number of hydrogen-bond donors (Lipinski definition) is 1. The molecule has 4 heteroatoms. The van der Waals surface area contributed by atoms with Crippen LogP contribution < -0.4 is 5.32 Å². The fourth-order valence-electron chi connectivity index (χ4n) is 3.13. The van der Waals surface area contributed by atoms with Crippen molar-refractivity contribution < 1.29 is 0 Å². The monoisotopic (exact) mass is 337 g/mol. The second kappa shape index (κ2) is 6.52. The second-order valence-corrected chi connectivity index (χ2v) is 6.55. The Hall–Kier alpha value is 0.610. The summed E-state index contributed by atoms with van der Waals surface area (Å²) in [5.41, 5.74) is 0. The summed E-state index contributed by atoms with van der Waals surface area (Å²) in [4.78, 5) is 2.73. The van der Waals surface area contributed by atoms with E-state index in [-0.39, 0.29) is 0 Å². The maximum atomic E-state index is 3.34. The molecule has 1 aliphatic carbocycles. The van der Waals surface area contributed by atoms with E-state index in [9.17, 15) is 0 Å². The van der Waals surface area contributed by atoms with Crippen molar-refractivity contribution in [3.05, 3.63) is 0 Å². The maximum Gasteiger partial charge on any atom is 0.0209 e. The Balaban J connectivity index is 1.80. The molecule has 0 radical (unpaired) electrons. The first kappa shape index (κ1) is 13.1. The highest BCUT2D eigenvalue weighted by Crippen LogP contribution is 2.28. The molecular weight excluding hydrogens is 313 g/mol. The summed E-state index contributed by atoms with van der Waals surface area (Å²) in [6.45, 7) is 6.25. The Kier molecular flexibility index (Phi) is 5.32. The zero-order chi connectivity index (χ0) is 11.4. The molecule has 0 aromatic carbocycles. The lowest BCUT2D eigenvalue weighted by Gasteiger charge is -2.41. The molecule has 0 aromatic rings. The lowest BCUT2D eigenvalue weighted by Crippen LogP contribution is -2.49. The van der Waals surface area contributed by atoms with Crippen molar-refractivity contribution >= 4 is 22.9 Å². The summed E-state index contributed by atoms with van der Waals surface area (Å²) in [7, 11) is 2.08. The van der Waals surface area contributed by atoms with E-state index in [2.05, 4.69) is 43.2 Å². The van der Waals surface area contributed by atoms with Crippen LogP contribution in [0.4, 0.5) is 0 Å². The average Bonchev–Trinajstić information content (AvgIpc) is 2.31. The van der Waals surface area contributed by atoms with E-state index < -0.39 is 0 Å². The highest BCUT2D eigenvalue weighted by atomic mass is 127. The van der Waals surface area contributed by atoms with Gasteiger partial charge in [-0.05, 0) is 38.8 Å². The van der Waals surface area contributed by atoms with Crippen molar-refractivity contribution in [2.24, 2.45) is 5.92 Å². The molecule has 2 aliphatic rings. The first-order valence-corrected chi connectivity index (χ1v) is 7.55. The van der Waals surface area contributed by atoms with E-state index in [1.807, 2.05) is 0 Å². The third-order valence-electron chi connectivity index (χ3n) is 4.02. The number of halogens is 1. The van der Waals surface area contributed by atoms with Gasteiger partial charge in [0.2, 0.25) is 0 Å². The van der Waals surface area contributed by atoms with Gasteiger partial charge in [-0.25, -0.2) is 3.11 Å². The van der Waals surface area contributed by atoms with Gasteiger partial charge in [0.05, 0.1) is 0 Å². The minimum Gasteiger partial charge on any atom is -0.319 e.